The molecule has 4 N–H and O–H groups in total. The van der Waals surface area contributed by atoms with Crippen molar-refractivity contribution >= 4 is 5.97 Å². The van der Waals surface area contributed by atoms with Gasteiger partial charge in [-0.1, -0.05) is 19.8 Å². The Balaban J connectivity index is 3.60. The maximum Gasteiger partial charge on any atom is 0.306 e. The third kappa shape index (κ3) is 5.09. The Kier molecular flexibility index (Phi) is 5.66. The van der Waals surface area contributed by atoms with E-state index in [9.17, 15) is 9.90 Å². The van der Waals surface area contributed by atoms with E-state index < -0.39 is 18.1 Å². The van der Waals surface area contributed by atoms with E-state index in [4.69, 9.17) is 10.8 Å². The summed E-state index contributed by atoms with van der Waals surface area (Å²) >= 11 is 0. The minimum Gasteiger partial charge on any atom is -0.481 e. The van der Waals surface area contributed by atoms with Crippen LogP contribution in [0.15, 0.2) is 0 Å². The molecule has 0 radical (unpaired) electrons. The number of aliphatic hydroxyl groups excluding tert-OH is 1. The zero-order chi connectivity index (χ0) is 9.56. The van der Waals surface area contributed by atoms with Crippen molar-refractivity contribution in [3.63, 3.8) is 0 Å². The molecule has 0 aliphatic heterocycles. The van der Waals surface area contributed by atoms with Crippen LogP contribution in [0.25, 0.3) is 0 Å². The summed E-state index contributed by atoms with van der Waals surface area (Å²) in [7, 11) is 0. The van der Waals surface area contributed by atoms with Gasteiger partial charge in [-0.3, -0.25) is 4.79 Å². The van der Waals surface area contributed by atoms with Crippen LogP contribution in [0.3, 0.4) is 0 Å². The molecule has 0 saturated heterocycles. The highest BCUT2D eigenvalue weighted by atomic mass is 16.4. The predicted octanol–water partition coefficient (Wildman–Crippen LogP) is 0.340. The lowest BCUT2D eigenvalue weighted by atomic mass is 10.0. The third-order valence-electron chi connectivity index (χ3n) is 1.77. The van der Waals surface area contributed by atoms with Crippen LogP contribution in [-0.4, -0.2) is 28.3 Å². The molecule has 12 heavy (non-hydrogen) atoms. The molecule has 72 valence electrons. The summed E-state index contributed by atoms with van der Waals surface area (Å²) in [6.07, 6.45) is 1.45. The topological polar surface area (TPSA) is 83.5 Å². The zero-order valence-electron chi connectivity index (χ0n) is 7.36. The molecule has 0 fully saturated rings. The summed E-state index contributed by atoms with van der Waals surface area (Å²) in [5, 5.41) is 17.6. The van der Waals surface area contributed by atoms with Crippen molar-refractivity contribution < 1.29 is 15.0 Å². The van der Waals surface area contributed by atoms with Crippen LogP contribution < -0.4 is 5.73 Å². The van der Waals surface area contributed by atoms with Crippen molar-refractivity contribution in [2.24, 2.45) is 5.73 Å². The second-order valence-electron chi connectivity index (χ2n) is 2.97. The number of unbranched alkanes of at least 4 members (excludes halogenated alkanes) is 1. The quantitative estimate of drug-likeness (QED) is 0.543. The molecule has 0 aliphatic carbocycles. The van der Waals surface area contributed by atoms with Crippen LogP contribution in [-0.2, 0) is 4.79 Å². The van der Waals surface area contributed by atoms with Gasteiger partial charge in [0.1, 0.15) is 0 Å². The molecule has 0 saturated carbocycles. The Morgan fingerprint density at radius 1 is 1.58 bits per heavy atom. The monoisotopic (exact) mass is 175 g/mol. The minimum atomic E-state index is -1.01. The Morgan fingerprint density at radius 2 is 2.17 bits per heavy atom. The van der Waals surface area contributed by atoms with E-state index in [-0.39, 0.29) is 6.42 Å². The highest BCUT2D eigenvalue weighted by Crippen LogP contribution is 2.05. The van der Waals surface area contributed by atoms with Crippen LogP contribution >= 0.6 is 0 Å². The van der Waals surface area contributed by atoms with Gasteiger partial charge in [-0.2, -0.15) is 0 Å². The predicted molar refractivity (Wildman–Crippen MR) is 45.8 cm³/mol. The first kappa shape index (κ1) is 11.4. The minimum absolute atomic E-state index is 0.259. The second-order valence-corrected chi connectivity index (χ2v) is 2.97. The first-order valence-electron chi connectivity index (χ1n) is 4.23. The molecule has 0 aromatic heterocycles. The third-order valence-corrected chi connectivity index (χ3v) is 1.77. The summed E-state index contributed by atoms with van der Waals surface area (Å²) < 4.78 is 0. The van der Waals surface area contributed by atoms with Gasteiger partial charge in [0.15, 0.2) is 0 Å². The number of nitrogens with two attached hydrogens (primary N) is 1. The average molecular weight is 175 g/mol. The molecule has 0 bridgehead atoms. The molecule has 4 heteroatoms. The first-order chi connectivity index (χ1) is 5.57. The van der Waals surface area contributed by atoms with E-state index in [0.29, 0.717) is 6.42 Å². The Morgan fingerprint density at radius 3 is 2.58 bits per heavy atom. The maximum absolute atomic E-state index is 10.2. The lowest BCUT2D eigenvalue weighted by Crippen LogP contribution is -2.36. The van der Waals surface area contributed by atoms with Gasteiger partial charge < -0.3 is 15.9 Å². The van der Waals surface area contributed by atoms with Crippen LogP contribution in [0.2, 0.25) is 0 Å². The van der Waals surface area contributed by atoms with Crippen molar-refractivity contribution in [3.8, 4) is 0 Å². The maximum atomic E-state index is 10.2. The average Bonchev–Trinajstić information content (AvgIpc) is 1.98. The van der Waals surface area contributed by atoms with Gasteiger partial charge in [0.25, 0.3) is 0 Å². The molecule has 0 aromatic carbocycles. The largest absolute Gasteiger partial charge is 0.481 e. The molecule has 0 amide bonds. The number of aliphatic carboxylic acids is 1. The summed E-state index contributed by atoms with van der Waals surface area (Å²) in [4.78, 5) is 10.2. The lowest BCUT2D eigenvalue weighted by molar-refractivity contribution is -0.139. The van der Waals surface area contributed by atoms with Crippen LogP contribution in [0.5, 0.6) is 0 Å². The summed E-state index contributed by atoms with van der Waals surface area (Å²) in [5.41, 5.74) is 5.54. The molecule has 2 unspecified atom stereocenters. The number of hydrogen-bond donors (Lipinski definition) is 3. The number of carbonyl (C=O) groups is 1. The van der Waals surface area contributed by atoms with Crippen LogP contribution in [0.4, 0.5) is 0 Å². The molecule has 2 atom stereocenters. The zero-order valence-corrected chi connectivity index (χ0v) is 7.36. The molecular formula is C8H17NO3. The Bertz CT molecular complexity index is 138. The number of hydrogen-bond acceptors (Lipinski definition) is 3. The van der Waals surface area contributed by atoms with Gasteiger partial charge in [-0.25, -0.2) is 0 Å². The van der Waals surface area contributed by atoms with E-state index >= 15 is 0 Å². The summed E-state index contributed by atoms with van der Waals surface area (Å²) in [6, 6.07) is -0.402. The van der Waals surface area contributed by atoms with E-state index in [2.05, 4.69) is 0 Å². The van der Waals surface area contributed by atoms with Gasteiger partial charge in [-0.15, -0.1) is 0 Å². The normalized spacial score (nSPS) is 15.6. The van der Waals surface area contributed by atoms with Gasteiger partial charge in [-0.05, 0) is 6.42 Å². The second kappa shape index (κ2) is 5.97. The molecule has 0 spiro atoms. The van der Waals surface area contributed by atoms with Crippen molar-refractivity contribution in [3.05, 3.63) is 0 Å². The smallest absolute Gasteiger partial charge is 0.306 e. The fraction of sp³-hybridized carbons (Fsp3) is 0.875. The fourth-order valence-electron chi connectivity index (χ4n) is 0.962. The van der Waals surface area contributed by atoms with E-state index in [1.165, 1.54) is 0 Å². The highest BCUT2D eigenvalue weighted by molar-refractivity contribution is 5.67. The van der Waals surface area contributed by atoms with Gasteiger partial charge in [0.05, 0.1) is 12.5 Å². The van der Waals surface area contributed by atoms with E-state index in [0.717, 1.165) is 12.8 Å². The van der Waals surface area contributed by atoms with Crippen LogP contribution in [0.1, 0.15) is 32.6 Å². The molecule has 4 nitrogen and oxygen atoms in total. The van der Waals surface area contributed by atoms with E-state index in [1.54, 1.807) is 0 Å². The van der Waals surface area contributed by atoms with Crippen molar-refractivity contribution in [2.45, 2.75) is 44.8 Å². The van der Waals surface area contributed by atoms with Gasteiger partial charge >= 0.3 is 5.97 Å². The first-order valence-corrected chi connectivity index (χ1v) is 4.23. The number of carboxylic acid groups (broad SMARTS) is 1. The number of aliphatic hydroxyl groups is 1. The highest BCUT2D eigenvalue weighted by Gasteiger charge is 2.16. The summed E-state index contributed by atoms with van der Waals surface area (Å²) in [6.45, 7) is 2.02. The number of rotatable bonds is 6. The molecular weight excluding hydrogens is 158 g/mol. The Labute approximate surface area is 72.4 Å². The summed E-state index contributed by atoms with van der Waals surface area (Å²) in [5.74, 6) is -1.01. The van der Waals surface area contributed by atoms with E-state index in [1.807, 2.05) is 6.92 Å². The van der Waals surface area contributed by atoms with Crippen molar-refractivity contribution in [1.82, 2.24) is 0 Å². The molecule has 0 rings (SSSR count). The molecule has 0 aromatic rings. The van der Waals surface area contributed by atoms with Gasteiger partial charge in [0.2, 0.25) is 0 Å². The Hall–Kier alpha value is -0.610. The van der Waals surface area contributed by atoms with Crippen LogP contribution in [0, 0.1) is 0 Å². The molecule has 0 heterocycles. The SMILES string of the molecule is CCCCC(N)C(O)CC(=O)O. The van der Waals surface area contributed by atoms with Crippen molar-refractivity contribution in [1.29, 1.82) is 0 Å². The fourth-order valence-corrected chi connectivity index (χ4v) is 0.962. The lowest BCUT2D eigenvalue weighted by Gasteiger charge is -2.16. The van der Waals surface area contributed by atoms with Gasteiger partial charge in [0, 0.05) is 6.04 Å². The molecule has 0 aliphatic rings. The standard InChI is InChI=1S/C8H17NO3/c1-2-3-4-6(9)7(10)5-8(11)12/h6-7,10H,2-5,9H2,1H3,(H,11,12). The van der Waals surface area contributed by atoms with Crippen molar-refractivity contribution in [2.75, 3.05) is 0 Å². The number of carboxylic acids is 1.